The minimum Gasteiger partial charge on any atom is -0.444 e. The Labute approximate surface area is 350 Å². The fraction of sp³-hybridized carbons (Fsp3) is 0.511. The van der Waals surface area contributed by atoms with Crippen molar-refractivity contribution < 1.29 is 38.2 Å². The lowest BCUT2D eigenvalue weighted by atomic mass is 9.85. The van der Waals surface area contributed by atoms with E-state index in [1.54, 1.807) is 44.6 Å². The second-order valence-corrected chi connectivity index (χ2v) is 16.1. The van der Waals surface area contributed by atoms with Crippen molar-refractivity contribution in [3.8, 4) is 0 Å². The van der Waals surface area contributed by atoms with Crippen molar-refractivity contribution in [2.24, 2.45) is 5.41 Å². The molecule has 2 saturated heterocycles. The number of carbonyl (C=O) groups is 6. The standard InChI is InChI=1S/C24H41N5O6.C11H9NO.C8H10O.C2H6/c1-15(27(8)22(34)35-24(5,6)7)20(32)26-19(23(2,3)4)21(33)29-12-10-16-17(29)9-11-28(16)18(31)13-25-14-30;13-8-12-11-7-3-5-9-4-1-2-6-10(9)11;1-9-7-8-5-3-2-4-6-8;1-2/h14-17,19H,9-13H2,1-8H3,(H,25,30)(H,26,32);1-8H,(H,12,13);2-6H,7H2,1H3;1-2H3/t15-,16?,17?,19?;;;/m0.../s1. The molecule has 14 heteroatoms. The molecular formula is C45H66N6O8. The average Bonchev–Trinajstić information content (AvgIpc) is 3.82. The molecule has 2 heterocycles. The van der Waals surface area contributed by atoms with Crippen molar-refractivity contribution in [1.29, 1.82) is 0 Å². The molecule has 0 spiro atoms. The van der Waals surface area contributed by atoms with E-state index >= 15 is 0 Å². The topological polar surface area (TPSA) is 167 Å². The zero-order valence-electron chi connectivity index (χ0n) is 36.7. The van der Waals surface area contributed by atoms with Crippen LogP contribution in [0, 0.1) is 5.41 Å². The summed E-state index contributed by atoms with van der Waals surface area (Å²) in [4.78, 5) is 77.2. The zero-order valence-corrected chi connectivity index (χ0v) is 36.7. The van der Waals surface area contributed by atoms with Gasteiger partial charge in [0.15, 0.2) is 0 Å². The summed E-state index contributed by atoms with van der Waals surface area (Å²) in [7, 11) is 3.19. The maximum atomic E-state index is 13.7. The van der Waals surface area contributed by atoms with Crippen LogP contribution < -0.4 is 16.0 Å². The van der Waals surface area contributed by atoms with Gasteiger partial charge in [-0.1, -0.05) is 101 Å². The van der Waals surface area contributed by atoms with Crippen LogP contribution >= 0.6 is 0 Å². The van der Waals surface area contributed by atoms with Gasteiger partial charge < -0.3 is 35.2 Å². The molecular weight excluding hydrogens is 753 g/mol. The molecule has 0 aliphatic carbocycles. The molecule has 3 aromatic carbocycles. The average molecular weight is 819 g/mol. The molecule has 0 aromatic heterocycles. The number of rotatable bonds is 11. The van der Waals surface area contributed by atoms with Gasteiger partial charge in [0.1, 0.15) is 17.7 Å². The summed E-state index contributed by atoms with van der Waals surface area (Å²) in [6.07, 6.45) is 1.86. The second-order valence-electron chi connectivity index (χ2n) is 16.1. The van der Waals surface area contributed by atoms with Gasteiger partial charge in [0.05, 0.1) is 25.2 Å². The minimum absolute atomic E-state index is 0.0651. The normalized spacial score (nSPS) is 16.5. The number of carbonyl (C=O) groups excluding carboxylic acids is 6. The molecule has 5 rings (SSSR count). The Bertz CT molecular complexity index is 1800. The van der Waals surface area contributed by atoms with E-state index in [-0.39, 0.29) is 30.4 Å². The number of likely N-dealkylation sites (N-methyl/N-ethyl adjacent to an activating group) is 1. The van der Waals surface area contributed by atoms with Crippen LogP contribution in [0.2, 0.25) is 0 Å². The van der Waals surface area contributed by atoms with E-state index in [0.29, 0.717) is 45.4 Å². The van der Waals surface area contributed by atoms with E-state index in [9.17, 15) is 28.8 Å². The molecule has 3 N–H and O–H groups in total. The van der Waals surface area contributed by atoms with Crippen molar-refractivity contribution in [3.63, 3.8) is 0 Å². The Morgan fingerprint density at radius 2 is 1.41 bits per heavy atom. The molecule has 2 fully saturated rings. The van der Waals surface area contributed by atoms with E-state index < -0.39 is 35.1 Å². The summed E-state index contributed by atoms with van der Waals surface area (Å²) in [5.74, 6) is -0.824. The number of ether oxygens (including phenoxy) is 2. The molecule has 59 heavy (non-hydrogen) atoms. The molecule has 4 atom stereocenters. The highest BCUT2D eigenvalue weighted by atomic mass is 16.6. The van der Waals surface area contributed by atoms with Gasteiger partial charge >= 0.3 is 6.09 Å². The Hall–Kier alpha value is -5.50. The number of hydrogen-bond acceptors (Lipinski definition) is 8. The van der Waals surface area contributed by atoms with Crippen LogP contribution in [0.1, 0.15) is 80.7 Å². The predicted molar refractivity (Wildman–Crippen MR) is 231 cm³/mol. The highest BCUT2D eigenvalue weighted by molar-refractivity contribution is 5.97. The number of methoxy groups -OCH3 is 1. The summed E-state index contributed by atoms with van der Waals surface area (Å²) in [5.41, 5.74) is 0.794. The van der Waals surface area contributed by atoms with Crippen LogP contribution in [-0.4, -0.2) is 115 Å². The van der Waals surface area contributed by atoms with E-state index in [1.165, 1.54) is 17.5 Å². The third-order valence-corrected chi connectivity index (χ3v) is 9.72. The van der Waals surface area contributed by atoms with Crippen molar-refractivity contribution in [2.75, 3.05) is 39.1 Å². The van der Waals surface area contributed by atoms with Gasteiger partial charge in [-0.15, -0.1) is 0 Å². The summed E-state index contributed by atoms with van der Waals surface area (Å²) < 4.78 is 10.3. The SMILES string of the molecule is CC.COCc1ccccc1.C[C@@H](C(=O)NC(C(=O)N1CCC2C1CCN2C(=O)CNC=O)C(C)(C)C)N(C)C(=O)OC(C)(C)C.O=CNc1cccc2ccccc12. The van der Waals surface area contributed by atoms with E-state index in [1.807, 2.05) is 107 Å². The summed E-state index contributed by atoms with van der Waals surface area (Å²) in [6, 6.07) is 22.0. The number of nitrogens with zero attached hydrogens (tertiary/aromatic N) is 3. The highest BCUT2D eigenvalue weighted by Gasteiger charge is 2.49. The lowest BCUT2D eigenvalue weighted by molar-refractivity contribution is -0.141. The van der Waals surface area contributed by atoms with Gasteiger partial charge in [0.2, 0.25) is 30.5 Å². The van der Waals surface area contributed by atoms with Gasteiger partial charge in [0.25, 0.3) is 0 Å². The van der Waals surface area contributed by atoms with Gasteiger partial charge in [-0.2, -0.15) is 0 Å². The van der Waals surface area contributed by atoms with Crippen LogP contribution in [-0.2, 0) is 40.1 Å². The van der Waals surface area contributed by atoms with Gasteiger partial charge in [-0.05, 0) is 63.0 Å². The molecule has 0 radical (unpaired) electrons. The first-order valence-corrected chi connectivity index (χ1v) is 20.2. The maximum absolute atomic E-state index is 13.7. The summed E-state index contributed by atoms with van der Waals surface area (Å²) in [5, 5.41) is 10.1. The first kappa shape index (κ1) is 49.6. The second kappa shape index (κ2) is 23.8. The highest BCUT2D eigenvalue weighted by Crippen LogP contribution is 2.34. The Morgan fingerprint density at radius 1 is 0.831 bits per heavy atom. The molecule has 3 unspecified atom stereocenters. The molecule has 14 nitrogen and oxygen atoms in total. The summed E-state index contributed by atoms with van der Waals surface area (Å²) in [6.45, 7) is 18.1. The van der Waals surface area contributed by atoms with Gasteiger partial charge in [-0.25, -0.2) is 4.79 Å². The molecule has 0 saturated carbocycles. The summed E-state index contributed by atoms with van der Waals surface area (Å²) >= 11 is 0. The van der Waals surface area contributed by atoms with Crippen LogP contribution in [0.4, 0.5) is 10.5 Å². The molecule has 3 aromatic rings. The van der Waals surface area contributed by atoms with Crippen LogP contribution in [0.5, 0.6) is 0 Å². The number of fused-ring (bicyclic) bond motifs is 2. The van der Waals surface area contributed by atoms with Crippen molar-refractivity contribution >= 4 is 53.1 Å². The molecule has 6 amide bonds. The number of anilines is 1. The van der Waals surface area contributed by atoms with Crippen molar-refractivity contribution in [2.45, 2.75) is 112 Å². The van der Waals surface area contributed by atoms with Crippen LogP contribution in [0.15, 0.2) is 72.8 Å². The van der Waals surface area contributed by atoms with Crippen molar-refractivity contribution in [3.05, 3.63) is 78.4 Å². The smallest absolute Gasteiger partial charge is 0.410 e. The first-order chi connectivity index (χ1) is 27.9. The predicted octanol–water partition coefficient (Wildman–Crippen LogP) is 5.99. The fourth-order valence-corrected chi connectivity index (χ4v) is 6.70. The zero-order chi connectivity index (χ0) is 44.3. The Balaban J connectivity index is 0.000000400. The number of amides is 6. The van der Waals surface area contributed by atoms with Crippen LogP contribution in [0.3, 0.4) is 0 Å². The third-order valence-electron chi connectivity index (χ3n) is 9.72. The number of nitrogens with one attached hydrogen (secondary N) is 3. The van der Waals surface area contributed by atoms with Crippen LogP contribution in [0.25, 0.3) is 10.8 Å². The van der Waals surface area contributed by atoms with Gasteiger partial charge in [0, 0.05) is 38.3 Å². The maximum Gasteiger partial charge on any atom is 0.410 e. The number of likely N-dealkylation sites (tertiary alicyclic amines) is 2. The van der Waals surface area contributed by atoms with E-state index in [4.69, 9.17) is 9.47 Å². The lowest BCUT2D eigenvalue weighted by Gasteiger charge is -2.37. The van der Waals surface area contributed by atoms with Gasteiger partial charge in [-0.3, -0.25) is 28.9 Å². The molecule has 2 aliphatic heterocycles. The fourth-order valence-electron chi connectivity index (χ4n) is 6.70. The Morgan fingerprint density at radius 3 is 1.98 bits per heavy atom. The minimum atomic E-state index is -0.848. The molecule has 0 bridgehead atoms. The van der Waals surface area contributed by atoms with E-state index in [0.717, 1.165) is 16.5 Å². The molecule has 2 aliphatic rings. The van der Waals surface area contributed by atoms with Crippen molar-refractivity contribution in [1.82, 2.24) is 25.3 Å². The van der Waals surface area contributed by atoms with E-state index in [2.05, 4.69) is 16.0 Å². The Kier molecular flexibility index (Phi) is 20.0. The molecule has 324 valence electrons. The monoisotopic (exact) mass is 818 g/mol. The third kappa shape index (κ3) is 15.0. The lowest BCUT2D eigenvalue weighted by Crippen LogP contribution is -2.59. The largest absolute Gasteiger partial charge is 0.444 e. The number of hydrogen-bond donors (Lipinski definition) is 3. The number of benzene rings is 3. The first-order valence-electron chi connectivity index (χ1n) is 20.2. The quantitative estimate of drug-likeness (QED) is 0.199.